The summed E-state index contributed by atoms with van der Waals surface area (Å²) in [4.78, 5) is 14.4. The number of hydrogen-bond donors (Lipinski definition) is 1. The summed E-state index contributed by atoms with van der Waals surface area (Å²) in [7, 11) is 0. The number of rotatable bonds is 8. The molecule has 33 heavy (non-hydrogen) atoms. The largest absolute Gasteiger partial charge is 0.492 e. The first-order valence-corrected chi connectivity index (χ1v) is 12.6. The molecule has 7 nitrogen and oxygen atoms in total. The first-order valence-electron chi connectivity index (χ1n) is 9.82. The first-order chi connectivity index (χ1) is 15.8. The second-order valence-corrected chi connectivity index (χ2v) is 11.0. The van der Waals surface area contributed by atoms with Crippen molar-refractivity contribution in [1.82, 2.24) is 20.1 Å². The van der Waals surface area contributed by atoms with Crippen LogP contribution < -0.4 is 10.1 Å². The summed E-state index contributed by atoms with van der Waals surface area (Å²) >= 11 is 22.4. The van der Waals surface area contributed by atoms with Gasteiger partial charge in [-0.2, -0.15) is 4.98 Å². The molecule has 3 aromatic heterocycles. The number of nitrogens with one attached hydrogen (secondary N) is 1. The molecule has 0 fully saturated rings. The first kappa shape index (κ1) is 24.2. The van der Waals surface area contributed by atoms with Gasteiger partial charge in [0.1, 0.15) is 22.8 Å². The lowest BCUT2D eigenvalue weighted by molar-refractivity contribution is 0.342. The zero-order valence-electron chi connectivity index (χ0n) is 17.2. The Balaban J connectivity index is 1.53. The topological polar surface area (TPSA) is 86.0 Å². The van der Waals surface area contributed by atoms with Gasteiger partial charge in [-0.25, -0.2) is 9.97 Å². The number of nitrogens with zero attached hydrogens (tertiary/aromatic N) is 4. The van der Waals surface area contributed by atoms with E-state index in [1.54, 1.807) is 0 Å². The van der Waals surface area contributed by atoms with Crippen LogP contribution in [0.5, 0.6) is 5.75 Å². The van der Waals surface area contributed by atoms with Crippen LogP contribution in [0.4, 0.5) is 5.82 Å². The number of ether oxygens (including phenoxy) is 1. The average Bonchev–Trinajstić information content (AvgIpc) is 3.43. The highest BCUT2D eigenvalue weighted by Gasteiger charge is 2.32. The molecule has 0 amide bonds. The normalized spacial score (nSPS) is 11.5. The molecular weight excluding hydrogens is 573 g/mol. The quantitative estimate of drug-likeness (QED) is 0.224. The van der Waals surface area contributed by atoms with Crippen LogP contribution in [0.15, 0.2) is 51.7 Å². The minimum Gasteiger partial charge on any atom is -0.492 e. The molecule has 3 heterocycles. The highest BCUT2D eigenvalue weighted by molar-refractivity contribution is 9.10. The summed E-state index contributed by atoms with van der Waals surface area (Å²) < 4.78 is 10.1. The van der Waals surface area contributed by atoms with Crippen molar-refractivity contribution in [2.75, 3.05) is 18.5 Å². The van der Waals surface area contributed by atoms with Gasteiger partial charge in [0.15, 0.2) is 0 Å². The monoisotopic (exact) mass is 587 g/mol. The van der Waals surface area contributed by atoms with Gasteiger partial charge >= 0.3 is 0 Å². The van der Waals surface area contributed by atoms with Gasteiger partial charge in [0.2, 0.25) is 5.82 Å². The van der Waals surface area contributed by atoms with E-state index in [9.17, 15) is 0 Å². The second-order valence-electron chi connectivity index (χ2n) is 6.75. The molecule has 0 atom stereocenters. The van der Waals surface area contributed by atoms with Crippen LogP contribution in [-0.4, -0.2) is 33.3 Å². The van der Waals surface area contributed by atoms with E-state index in [2.05, 4.69) is 53.5 Å². The molecule has 0 aliphatic heterocycles. The summed E-state index contributed by atoms with van der Waals surface area (Å²) in [6.07, 6.45) is 2.39. The van der Waals surface area contributed by atoms with Gasteiger partial charge in [0.05, 0.1) is 17.2 Å². The maximum absolute atomic E-state index is 5.85. The van der Waals surface area contributed by atoms with E-state index in [0.717, 1.165) is 33.8 Å². The lowest BCUT2D eigenvalue weighted by Gasteiger charge is -2.06. The van der Waals surface area contributed by atoms with Gasteiger partial charge in [0, 0.05) is 23.2 Å². The van der Waals surface area contributed by atoms with E-state index in [-0.39, 0.29) is 11.7 Å². The second kappa shape index (κ2) is 10.6. The van der Waals surface area contributed by atoms with Gasteiger partial charge in [-0.3, -0.25) is 0 Å². The van der Waals surface area contributed by atoms with Crippen LogP contribution in [0.25, 0.3) is 21.3 Å². The van der Waals surface area contributed by atoms with Crippen molar-refractivity contribution in [2.45, 2.75) is 17.1 Å². The fourth-order valence-corrected chi connectivity index (χ4v) is 4.41. The third-order valence-corrected chi connectivity index (χ3v) is 6.57. The van der Waals surface area contributed by atoms with Crippen molar-refractivity contribution in [1.29, 1.82) is 0 Å². The van der Waals surface area contributed by atoms with Crippen molar-refractivity contribution >= 4 is 67.9 Å². The van der Waals surface area contributed by atoms with Crippen LogP contribution in [0.3, 0.4) is 0 Å². The summed E-state index contributed by atoms with van der Waals surface area (Å²) in [6, 6.07) is 12.0. The molecule has 0 aliphatic rings. The standard InChI is InChI=1S/C21H17BrCl3N5O2S/c1-2-31-15-10-16(33-18(15)19-29-20(32-30-19)21(23,24)25)14-9-17(28-11-27-14)26-8-7-12-3-5-13(22)6-4-12/h3-6,9-11H,2,7-8H2,1H3,(H,26,27,28). The Hall–Kier alpha value is -1.91. The van der Waals surface area contributed by atoms with Crippen molar-refractivity contribution in [3.05, 3.63) is 58.7 Å². The maximum atomic E-state index is 5.85. The molecule has 0 saturated heterocycles. The van der Waals surface area contributed by atoms with E-state index in [4.69, 9.17) is 44.1 Å². The maximum Gasteiger partial charge on any atom is 0.279 e. The van der Waals surface area contributed by atoms with Crippen molar-refractivity contribution < 1.29 is 9.26 Å². The molecule has 1 N–H and O–H groups in total. The van der Waals surface area contributed by atoms with Crippen LogP contribution in [0.2, 0.25) is 0 Å². The smallest absolute Gasteiger partial charge is 0.279 e. The summed E-state index contributed by atoms with van der Waals surface area (Å²) in [5, 5.41) is 7.28. The van der Waals surface area contributed by atoms with Crippen molar-refractivity contribution in [2.24, 2.45) is 0 Å². The minimum absolute atomic E-state index is 0.112. The molecule has 4 rings (SSSR count). The third kappa shape index (κ3) is 6.16. The Bertz CT molecular complexity index is 1230. The SMILES string of the molecule is CCOc1cc(-c2cc(NCCc3ccc(Br)cc3)ncn2)sc1-c1noc(C(Cl)(Cl)Cl)n1. The molecule has 0 radical (unpaired) electrons. The predicted octanol–water partition coefficient (Wildman–Crippen LogP) is 6.90. The number of benzene rings is 1. The summed E-state index contributed by atoms with van der Waals surface area (Å²) in [5.74, 6) is 1.48. The molecule has 0 aliphatic carbocycles. The van der Waals surface area contributed by atoms with Crippen LogP contribution in [0.1, 0.15) is 18.4 Å². The molecule has 0 spiro atoms. The van der Waals surface area contributed by atoms with Crippen LogP contribution in [0, 0.1) is 0 Å². The van der Waals surface area contributed by atoms with E-state index in [0.29, 0.717) is 17.2 Å². The fourth-order valence-electron chi connectivity index (χ4n) is 2.92. The Morgan fingerprint density at radius 1 is 1.15 bits per heavy atom. The summed E-state index contributed by atoms with van der Waals surface area (Å²) in [5.41, 5.74) is 1.97. The lowest BCUT2D eigenvalue weighted by atomic mass is 10.1. The molecule has 12 heteroatoms. The van der Waals surface area contributed by atoms with Gasteiger partial charge in [-0.15, -0.1) is 11.3 Å². The Kier molecular flexibility index (Phi) is 7.76. The highest BCUT2D eigenvalue weighted by Crippen LogP contribution is 2.43. The van der Waals surface area contributed by atoms with Gasteiger partial charge in [-0.05, 0) is 31.0 Å². The van der Waals surface area contributed by atoms with Gasteiger partial charge in [0.25, 0.3) is 9.68 Å². The lowest BCUT2D eigenvalue weighted by Crippen LogP contribution is -2.06. The third-order valence-electron chi connectivity index (χ3n) is 4.42. The molecule has 172 valence electrons. The van der Waals surface area contributed by atoms with Gasteiger partial charge < -0.3 is 14.6 Å². The predicted molar refractivity (Wildman–Crippen MR) is 135 cm³/mol. The van der Waals surface area contributed by atoms with E-state index < -0.39 is 3.79 Å². The molecular formula is C21H17BrCl3N5O2S. The van der Waals surface area contributed by atoms with Crippen LogP contribution in [-0.2, 0) is 10.2 Å². The Morgan fingerprint density at radius 2 is 1.94 bits per heavy atom. The van der Waals surface area contributed by atoms with E-state index >= 15 is 0 Å². The molecule has 0 saturated carbocycles. The average molecular weight is 590 g/mol. The molecule has 0 unspecified atom stereocenters. The Labute approximate surface area is 217 Å². The number of aromatic nitrogens is 4. The number of anilines is 1. The molecule has 0 bridgehead atoms. The number of alkyl halides is 3. The Morgan fingerprint density at radius 3 is 2.64 bits per heavy atom. The van der Waals surface area contributed by atoms with Crippen molar-refractivity contribution in [3.63, 3.8) is 0 Å². The molecule has 1 aromatic carbocycles. The summed E-state index contributed by atoms with van der Waals surface area (Å²) in [6.45, 7) is 3.09. The molecule has 4 aromatic rings. The zero-order chi connectivity index (χ0) is 23.4. The minimum atomic E-state index is -1.80. The number of hydrogen-bond acceptors (Lipinski definition) is 8. The fraction of sp³-hybridized carbons (Fsp3) is 0.238. The van der Waals surface area contributed by atoms with E-state index in [1.165, 1.54) is 23.2 Å². The highest BCUT2D eigenvalue weighted by atomic mass is 79.9. The van der Waals surface area contributed by atoms with Crippen molar-refractivity contribution in [3.8, 4) is 27.0 Å². The van der Waals surface area contributed by atoms with Gasteiger partial charge in [-0.1, -0.05) is 68.0 Å². The van der Waals surface area contributed by atoms with Crippen LogP contribution >= 0.6 is 62.1 Å². The zero-order valence-corrected chi connectivity index (χ0v) is 21.9. The number of halogens is 4. The number of thiophene rings is 1. The van der Waals surface area contributed by atoms with E-state index in [1.807, 2.05) is 31.2 Å².